The van der Waals surface area contributed by atoms with Crippen molar-refractivity contribution in [3.8, 4) is 0 Å². The standard InChI is InChI=1S/C22H16FN3O3/c23-14-8-4-9-15(12-14)25-21(28)17-16-10-5-11-24-26(16)19(18(17)22(25)29)20(27)13-6-2-1-3-7-13/h1-12,16-19H/t16-,17-,18-,19-/m1/s1. The maximum absolute atomic E-state index is 13.7. The third-order valence-corrected chi connectivity index (χ3v) is 5.68. The molecule has 144 valence electrons. The Morgan fingerprint density at radius 2 is 1.72 bits per heavy atom. The van der Waals surface area contributed by atoms with Crippen LogP contribution in [-0.2, 0) is 9.59 Å². The summed E-state index contributed by atoms with van der Waals surface area (Å²) in [6.07, 6.45) is 5.03. The van der Waals surface area contributed by atoms with Gasteiger partial charge in [0.25, 0.3) is 0 Å². The summed E-state index contributed by atoms with van der Waals surface area (Å²) >= 11 is 0. The number of amides is 2. The molecule has 0 spiro atoms. The number of Topliss-reactive ketones (excluding diaryl/α,β-unsaturated/α-hetero) is 1. The van der Waals surface area contributed by atoms with E-state index >= 15 is 0 Å². The topological polar surface area (TPSA) is 70.0 Å². The average Bonchev–Trinajstić information content (AvgIpc) is 3.21. The van der Waals surface area contributed by atoms with Gasteiger partial charge in [0.05, 0.1) is 23.6 Å². The summed E-state index contributed by atoms with van der Waals surface area (Å²) in [5.41, 5.74) is 0.626. The number of nitrogens with zero attached hydrogens (tertiary/aromatic N) is 3. The molecule has 0 bridgehead atoms. The van der Waals surface area contributed by atoms with E-state index in [-0.39, 0.29) is 11.5 Å². The van der Waals surface area contributed by atoms with Gasteiger partial charge < -0.3 is 0 Å². The highest BCUT2D eigenvalue weighted by molar-refractivity contribution is 6.24. The number of anilines is 1. The van der Waals surface area contributed by atoms with Gasteiger partial charge in [-0.1, -0.05) is 42.5 Å². The van der Waals surface area contributed by atoms with E-state index in [4.69, 9.17) is 0 Å². The van der Waals surface area contributed by atoms with E-state index in [1.807, 2.05) is 0 Å². The Kier molecular flexibility index (Phi) is 3.91. The van der Waals surface area contributed by atoms with Crippen LogP contribution in [0.2, 0.25) is 0 Å². The fourth-order valence-corrected chi connectivity index (χ4v) is 4.48. The number of carbonyl (C=O) groups excluding carboxylic acids is 3. The molecule has 0 N–H and O–H groups in total. The molecule has 3 aliphatic rings. The Bertz CT molecular complexity index is 1080. The molecule has 29 heavy (non-hydrogen) atoms. The highest BCUT2D eigenvalue weighted by Crippen LogP contribution is 2.46. The van der Waals surface area contributed by atoms with E-state index in [2.05, 4.69) is 5.10 Å². The van der Waals surface area contributed by atoms with E-state index in [0.717, 1.165) is 11.0 Å². The van der Waals surface area contributed by atoms with Crippen LogP contribution in [0.25, 0.3) is 0 Å². The zero-order chi connectivity index (χ0) is 20.1. The van der Waals surface area contributed by atoms with Crippen molar-refractivity contribution in [1.82, 2.24) is 5.01 Å². The van der Waals surface area contributed by atoms with Crippen LogP contribution in [0.5, 0.6) is 0 Å². The summed E-state index contributed by atoms with van der Waals surface area (Å²) < 4.78 is 13.7. The number of rotatable bonds is 3. The molecule has 4 atom stereocenters. The lowest BCUT2D eigenvalue weighted by Crippen LogP contribution is -2.46. The highest BCUT2D eigenvalue weighted by atomic mass is 19.1. The minimum atomic E-state index is -0.899. The van der Waals surface area contributed by atoms with Crippen molar-refractivity contribution in [2.45, 2.75) is 12.1 Å². The molecular weight excluding hydrogens is 373 g/mol. The quantitative estimate of drug-likeness (QED) is 0.597. The predicted octanol–water partition coefficient (Wildman–Crippen LogP) is 2.42. The van der Waals surface area contributed by atoms with Crippen molar-refractivity contribution in [2.24, 2.45) is 16.9 Å². The first kappa shape index (κ1) is 17.5. The van der Waals surface area contributed by atoms with Crippen molar-refractivity contribution in [3.05, 3.63) is 78.1 Å². The molecule has 2 aromatic carbocycles. The molecule has 0 aromatic heterocycles. The maximum Gasteiger partial charge on any atom is 0.240 e. The molecule has 2 saturated heterocycles. The summed E-state index contributed by atoms with van der Waals surface area (Å²) in [5, 5.41) is 5.86. The molecule has 0 radical (unpaired) electrons. The third-order valence-electron chi connectivity index (χ3n) is 5.68. The highest BCUT2D eigenvalue weighted by Gasteiger charge is 2.64. The third kappa shape index (κ3) is 2.54. The van der Waals surface area contributed by atoms with Crippen LogP contribution in [-0.4, -0.2) is 40.9 Å². The smallest absolute Gasteiger partial charge is 0.240 e. The largest absolute Gasteiger partial charge is 0.292 e. The minimum Gasteiger partial charge on any atom is -0.292 e. The molecular formula is C22H16FN3O3. The van der Waals surface area contributed by atoms with Gasteiger partial charge in [0, 0.05) is 11.8 Å². The number of allylic oxidation sites excluding steroid dienone is 1. The van der Waals surface area contributed by atoms with Crippen LogP contribution in [0.1, 0.15) is 10.4 Å². The van der Waals surface area contributed by atoms with E-state index < -0.39 is 41.6 Å². The maximum atomic E-state index is 13.7. The second-order valence-corrected chi connectivity index (χ2v) is 7.24. The van der Waals surface area contributed by atoms with Crippen molar-refractivity contribution >= 4 is 29.5 Å². The summed E-state index contributed by atoms with van der Waals surface area (Å²) in [7, 11) is 0. The van der Waals surface area contributed by atoms with Crippen molar-refractivity contribution in [1.29, 1.82) is 0 Å². The average molecular weight is 389 g/mol. The van der Waals surface area contributed by atoms with Gasteiger partial charge >= 0.3 is 0 Å². The first-order valence-electron chi connectivity index (χ1n) is 9.29. The van der Waals surface area contributed by atoms with Crippen LogP contribution < -0.4 is 4.90 Å². The number of ketones is 1. The number of hydrogen-bond donors (Lipinski definition) is 0. The SMILES string of the molecule is O=C(c1ccccc1)[C@H]1[C@@H]2C(=O)N(c3cccc(F)c3)C(=O)[C@@H]2[C@H]2C=CC=NN21. The van der Waals surface area contributed by atoms with Crippen LogP contribution in [0.15, 0.2) is 71.9 Å². The van der Waals surface area contributed by atoms with E-state index in [9.17, 15) is 18.8 Å². The Morgan fingerprint density at radius 3 is 2.48 bits per heavy atom. The number of fused-ring (bicyclic) bond motifs is 3. The molecule has 0 unspecified atom stereocenters. The van der Waals surface area contributed by atoms with Gasteiger partial charge in [0.15, 0.2) is 5.78 Å². The van der Waals surface area contributed by atoms with Gasteiger partial charge in [-0.3, -0.25) is 19.4 Å². The normalized spacial score (nSPS) is 27.3. The molecule has 0 aliphatic carbocycles. The Morgan fingerprint density at radius 1 is 0.966 bits per heavy atom. The van der Waals surface area contributed by atoms with Gasteiger partial charge in [0.1, 0.15) is 11.9 Å². The number of halogens is 1. The first-order valence-corrected chi connectivity index (χ1v) is 9.29. The molecule has 2 aromatic rings. The van der Waals surface area contributed by atoms with E-state index in [1.54, 1.807) is 53.7 Å². The number of hydrogen-bond acceptors (Lipinski definition) is 5. The molecule has 6 nitrogen and oxygen atoms in total. The van der Waals surface area contributed by atoms with E-state index in [0.29, 0.717) is 5.56 Å². The lowest BCUT2D eigenvalue weighted by molar-refractivity contribution is -0.123. The molecule has 3 heterocycles. The van der Waals surface area contributed by atoms with E-state index in [1.165, 1.54) is 18.2 Å². The second-order valence-electron chi connectivity index (χ2n) is 7.24. The molecule has 3 aliphatic heterocycles. The van der Waals surface area contributed by atoms with Crippen molar-refractivity contribution < 1.29 is 18.8 Å². The molecule has 2 amide bonds. The summed E-state index contributed by atoms with van der Waals surface area (Å²) in [6, 6.07) is 12.6. The number of hydrazone groups is 1. The summed E-state index contributed by atoms with van der Waals surface area (Å²) in [4.78, 5) is 40.9. The minimum absolute atomic E-state index is 0.176. The fraction of sp³-hybridized carbons (Fsp3) is 0.182. The summed E-state index contributed by atoms with van der Waals surface area (Å²) in [6.45, 7) is 0. The summed E-state index contributed by atoms with van der Waals surface area (Å²) in [5.74, 6) is -3.39. The zero-order valence-corrected chi connectivity index (χ0v) is 15.2. The first-order chi connectivity index (χ1) is 14.1. The molecule has 7 heteroatoms. The molecule has 2 fully saturated rings. The van der Waals surface area contributed by atoms with Crippen LogP contribution in [0.3, 0.4) is 0 Å². The van der Waals surface area contributed by atoms with Crippen molar-refractivity contribution in [3.63, 3.8) is 0 Å². The second kappa shape index (κ2) is 6.48. The van der Waals surface area contributed by atoms with Crippen LogP contribution >= 0.6 is 0 Å². The van der Waals surface area contributed by atoms with Crippen LogP contribution in [0.4, 0.5) is 10.1 Å². The zero-order valence-electron chi connectivity index (χ0n) is 15.2. The number of imide groups is 1. The monoisotopic (exact) mass is 389 g/mol. The van der Waals surface area contributed by atoms with Crippen molar-refractivity contribution in [2.75, 3.05) is 4.90 Å². The Balaban J connectivity index is 1.59. The lowest BCUT2D eigenvalue weighted by atomic mass is 9.86. The van der Waals surface area contributed by atoms with Crippen LogP contribution in [0, 0.1) is 17.7 Å². The fourth-order valence-electron chi connectivity index (χ4n) is 4.48. The molecule has 5 rings (SSSR count). The van der Waals surface area contributed by atoms with Gasteiger partial charge in [-0.25, -0.2) is 9.29 Å². The molecule has 0 saturated carbocycles. The number of carbonyl (C=O) groups is 3. The van der Waals surface area contributed by atoms with Gasteiger partial charge in [-0.15, -0.1) is 0 Å². The number of benzene rings is 2. The van der Waals surface area contributed by atoms with Gasteiger partial charge in [-0.2, -0.15) is 5.10 Å². The Hall–Kier alpha value is -3.61. The lowest BCUT2D eigenvalue weighted by Gasteiger charge is -2.30. The predicted molar refractivity (Wildman–Crippen MR) is 104 cm³/mol. The Labute approximate surface area is 165 Å². The van der Waals surface area contributed by atoms with Gasteiger partial charge in [-0.05, 0) is 24.3 Å². The van der Waals surface area contributed by atoms with Gasteiger partial charge in [0.2, 0.25) is 11.8 Å².